The van der Waals surface area contributed by atoms with Crippen LogP contribution in [-0.4, -0.2) is 18.1 Å². The molecule has 114 valence electrons. The number of nitriles is 1. The molecule has 0 saturated carbocycles. The predicted molar refractivity (Wildman–Crippen MR) is 89.6 cm³/mol. The summed E-state index contributed by atoms with van der Waals surface area (Å²) in [7, 11) is 0. The molecule has 22 heavy (non-hydrogen) atoms. The van der Waals surface area contributed by atoms with Crippen molar-refractivity contribution < 1.29 is 4.42 Å². The Labute approximate surface area is 134 Å². The standard InChI is InChI=1S/C17H19N3OS/c1-12-8-13(2)11-20(10-12)17-15(9-18)19-16(21-17)6-5-14-4-3-7-22-14/h3-7,12-13H,8,10-11H2,1-2H3/b6-5+/t12-,13+. The highest BCUT2D eigenvalue weighted by Crippen LogP contribution is 2.29. The van der Waals surface area contributed by atoms with Gasteiger partial charge in [-0.05, 0) is 35.8 Å². The topological polar surface area (TPSA) is 53.1 Å². The van der Waals surface area contributed by atoms with Gasteiger partial charge in [-0.3, -0.25) is 0 Å². The van der Waals surface area contributed by atoms with E-state index in [0.717, 1.165) is 18.0 Å². The summed E-state index contributed by atoms with van der Waals surface area (Å²) in [6, 6.07) is 6.19. The molecule has 1 aliphatic heterocycles. The molecule has 1 aliphatic rings. The smallest absolute Gasteiger partial charge is 0.235 e. The molecule has 0 amide bonds. The maximum atomic E-state index is 9.33. The fourth-order valence-corrected chi connectivity index (χ4v) is 3.67. The first-order valence-corrected chi connectivity index (χ1v) is 8.41. The van der Waals surface area contributed by atoms with Gasteiger partial charge in [0.1, 0.15) is 6.07 Å². The van der Waals surface area contributed by atoms with Crippen molar-refractivity contribution in [3.8, 4) is 6.07 Å². The van der Waals surface area contributed by atoms with Crippen LogP contribution in [-0.2, 0) is 0 Å². The van der Waals surface area contributed by atoms with E-state index in [4.69, 9.17) is 4.42 Å². The fraction of sp³-hybridized carbons (Fsp3) is 0.412. The van der Waals surface area contributed by atoms with Crippen LogP contribution in [0.2, 0.25) is 0 Å². The van der Waals surface area contributed by atoms with Crippen LogP contribution >= 0.6 is 11.3 Å². The molecular weight excluding hydrogens is 294 g/mol. The van der Waals surface area contributed by atoms with E-state index in [1.54, 1.807) is 11.3 Å². The first-order valence-electron chi connectivity index (χ1n) is 7.53. The Morgan fingerprint density at radius 2 is 2.14 bits per heavy atom. The van der Waals surface area contributed by atoms with E-state index in [0.29, 0.717) is 29.3 Å². The monoisotopic (exact) mass is 313 g/mol. The molecule has 5 heteroatoms. The highest BCUT2D eigenvalue weighted by molar-refractivity contribution is 7.10. The minimum atomic E-state index is 0.382. The molecule has 0 bridgehead atoms. The zero-order valence-electron chi connectivity index (χ0n) is 12.8. The number of thiophene rings is 1. The van der Waals surface area contributed by atoms with Crippen molar-refractivity contribution in [3.63, 3.8) is 0 Å². The van der Waals surface area contributed by atoms with Crippen LogP contribution in [0.15, 0.2) is 21.9 Å². The molecule has 0 aliphatic carbocycles. The van der Waals surface area contributed by atoms with Crippen LogP contribution in [0.3, 0.4) is 0 Å². The normalized spacial score (nSPS) is 22.1. The molecule has 3 heterocycles. The molecule has 0 N–H and O–H groups in total. The molecule has 2 aromatic heterocycles. The van der Waals surface area contributed by atoms with Gasteiger partial charge in [-0.15, -0.1) is 11.3 Å². The number of hydrogen-bond acceptors (Lipinski definition) is 5. The van der Waals surface area contributed by atoms with Gasteiger partial charge < -0.3 is 9.32 Å². The van der Waals surface area contributed by atoms with Gasteiger partial charge in [-0.25, -0.2) is 0 Å². The van der Waals surface area contributed by atoms with E-state index in [2.05, 4.69) is 29.8 Å². The number of aromatic nitrogens is 1. The summed E-state index contributed by atoms with van der Waals surface area (Å²) in [6.45, 7) is 6.32. The van der Waals surface area contributed by atoms with Crippen LogP contribution in [0, 0.1) is 23.2 Å². The average molecular weight is 313 g/mol. The SMILES string of the molecule is C[C@@H]1C[C@H](C)CN(c2oc(/C=C/c3cccs3)nc2C#N)C1. The average Bonchev–Trinajstić information content (AvgIpc) is 3.13. The maximum Gasteiger partial charge on any atom is 0.235 e. The number of oxazole rings is 1. The summed E-state index contributed by atoms with van der Waals surface area (Å²) in [5.41, 5.74) is 0.382. The third-order valence-corrected chi connectivity index (χ3v) is 4.66. The Morgan fingerprint density at radius 1 is 1.36 bits per heavy atom. The highest BCUT2D eigenvalue weighted by atomic mass is 32.1. The number of anilines is 1. The predicted octanol–water partition coefficient (Wildman–Crippen LogP) is 4.26. The first kappa shape index (κ1) is 14.9. The Kier molecular flexibility index (Phi) is 4.30. The summed E-state index contributed by atoms with van der Waals surface area (Å²) in [4.78, 5) is 7.60. The summed E-state index contributed by atoms with van der Waals surface area (Å²) in [6.07, 6.45) is 5.01. The zero-order valence-corrected chi connectivity index (χ0v) is 13.6. The lowest BCUT2D eigenvalue weighted by Gasteiger charge is -2.34. The van der Waals surface area contributed by atoms with Gasteiger partial charge in [0.25, 0.3) is 0 Å². The van der Waals surface area contributed by atoms with Gasteiger partial charge in [0, 0.05) is 24.0 Å². The Bertz CT molecular complexity index is 686. The van der Waals surface area contributed by atoms with E-state index in [-0.39, 0.29) is 0 Å². The number of hydrogen-bond donors (Lipinski definition) is 0. The molecule has 2 atom stereocenters. The number of piperidine rings is 1. The lowest BCUT2D eigenvalue weighted by Crippen LogP contribution is -2.38. The van der Waals surface area contributed by atoms with Crippen molar-refractivity contribution in [1.82, 2.24) is 4.98 Å². The molecule has 3 rings (SSSR count). The van der Waals surface area contributed by atoms with Gasteiger partial charge in [0.05, 0.1) is 0 Å². The van der Waals surface area contributed by atoms with Crippen LogP contribution in [0.5, 0.6) is 0 Å². The third-order valence-electron chi connectivity index (χ3n) is 3.82. The number of nitrogens with zero attached hydrogens (tertiary/aromatic N) is 3. The molecule has 4 nitrogen and oxygen atoms in total. The lowest BCUT2D eigenvalue weighted by atomic mass is 9.92. The third kappa shape index (κ3) is 3.23. The summed E-state index contributed by atoms with van der Waals surface area (Å²) < 4.78 is 5.85. The van der Waals surface area contributed by atoms with E-state index >= 15 is 0 Å². The van der Waals surface area contributed by atoms with Crippen molar-refractivity contribution in [2.24, 2.45) is 11.8 Å². The minimum absolute atomic E-state index is 0.382. The van der Waals surface area contributed by atoms with Crippen LogP contribution in [0.4, 0.5) is 5.88 Å². The molecule has 0 unspecified atom stereocenters. The molecule has 0 spiro atoms. The minimum Gasteiger partial charge on any atom is -0.420 e. The van der Waals surface area contributed by atoms with Crippen LogP contribution in [0.25, 0.3) is 12.2 Å². The molecular formula is C17H19N3OS. The van der Waals surface area contributed by atoms with Gasteiger partial charge in [0.15, 0.2) is 0 Å². The van der Waals surface area contributed by atoms with Gasteiger partial charge in [-0.2, -0.15) is 10.2 Å². The van der Waals surface area contributed by atoms with E-state index in [1.165, 1.54) is 6.42 Å². The summed E-state index contributed by atoms with van der Waals surface area (Å²) >= 11 is 1.66. The molecule has 2 aromatic rings. The van der Waals surface area contributed by atoms with Gasteiger partial charge >= 0.3 is 0 Å². The van der Waals surface area contributed by atoms with Crippen molar-refractivity contribution >= 4 is 29.4 Å². The van der Waals surface area contributed by atoms with E-state index < -0.39 is 0 Å². The van der Waals surface area contributed by atoms with Crippen molar-refractivity contribution in [3.05, 3.63) is 34.0 Å². The van der Waals surface area contributed by atoms with Crippen molar-refractivity contribution in [2.45, 2.75) is 20.3 Å². The first-order chi connectivity index (χ1) is 10.7. The molecule has 0 aromatic carbocycles. The van der Waals surface area contributed by atoms with Crippen molar-refractivity contribution in [1.29, 1.82) is 5.26 Å². The second-order valence-corrected chi connectivity index (χ2v) is 7.00. The van der Waals surface area contributed by atoms with Gasteiger partial charge in [0.2, 0.25) is 17.5 Å². The van der Waals surface area contributed by atoms with E-state index in [9.17, 15) is 5.26 Å². The second kappa shape index (κ2) is 6.37. The Hall–Kier alpha value is -2.06. The largest absolute Gasteiger partial charge is 0.420 e. The maximum absolute atomic E-state index is 9.33. The van der Waals surface area contributed by atoms with Crippen LogP contribution < -0.4 is 4.90 Å². The Balaban J connectivity index is 1.84. The molecule has 1 fully saturated rings. The quantitative estimate of drug-likeness (QED) is 0.849. The molecule has 1 saturated heterocycles. The fourth-order valence-electron chi connectivity index (χ4n) is 3.05. The molecule has 0 radical (unpaired) electrons. The van der Waals surface area contributed by atoms with Gasteiger partial charge in [-0.1, -0.05) is 19.9 Å². The highest BCUT2D eigenvalue weighted by Gasteiger charge is 2.27. The summed E-state index contributed by atoms with van der Waals surface area (Å²) in [5.74, 6) is 2.31. The number of rotatable bonds is 3. The Morgan fingerprint density at radius 3 is 2.77 bits per heavy atom. The zero-order chi connectivity index (χ0) is 15.5. The van der Waals surface area contributed by atoms with E-state index in [1.807, 2.05) is 29.7 Å². The lowest BCUT2D eigenvalue weighted by molar-refractivity contribution is 0.342. The van der Waals surface area contributed by atoms with Crippen LogP contribution in [0.1, 0.15) is 36.7 Å². The summed E-state index contributed by atoms with van der Waals surface area (Å²) in [5, 5.41) is 11.4. The second-order valence-electron chi connectivity index (χ2n) is 6.02. The van der Waals surface area contributed by atoms with Crippen molar-refractivity contribution in [2.75, 3.05) is 18.0 Å².